The first kappa shape index (κ1) is 13.2. The van der Waals surface area contributed by atoms with E-state index >= 15 is 0 Å². The number of hydrogen-bond donors (Lipinski definition) is 1. The number of hydrogen-bond acceptors (Lipinski definition) is 4. The number of carboxylic acids is 1. The van der Waals surface area contributed by atoms with Crippen molar-refractivity contribution in [2.75, 3.05) is 21.3 Å². The van der Waals surface area contributed by atoms with E-state index in [2.05, 4.69) is 0 Å². The van der Waals surface area contributed by atoms with Gasteiger partial charge in [-0.15, -0.1) is 0 Å². The molecule has 1 aromatic rings. The molecule has 6 heteroatoms. The van der Waals surface area contributed by atoms with Gasteiger partial charge in [0.05, 0.1) is 14.2 Å². The Morgan fingerprint density at radius 2 is 1.89 bits per heavy atom. The van der Waals surface area contributed by atoms with E-state index in [9.17, 15) is 9.59 Å². The Morgan fingerprint density at radius 1 is 1.32 bits per heavy atom. The Morgan fingerprint density at radius 3 is 2.42 bits per heavy atom. The fourth-order valence-electron chi connectivity index (χ4n) is 2.22. The fourth-order valence-corrected chi connectivity index (χ4v) is 2.22. The molecule has 19 heavy (non-hydrogen) atoms. The largest absolute Gasteiger partial charge is 0.493 e. The summed E-state index contributed by atoms with van der Waals surface area (Å²) in [4.78, 5) is 24.5. The lowest BCUT2D eigenvalue weighted by Gasteiger charge is -2.31. The topological polar surface area (TPSA) is 76.1 Å². The van der Waals surface area contributed by atoms with Crippen molar-refractivity contribution in [3.8, 4) is 11.5 Å². The molecular weight excluding hydrogens is 250 g/mol. The number of ether oxygens (including phenoxy) is 2. The summed E-state index contributed by atoms with van der Waals surface area (Å²) in [5.41, 5.74) is 1.12. The Labute approximate surface area is 110 Å². The van der Waals surface area contributed by atoms with Gasteiger partial charge in [-0.1, -0.05) is 0 Å². The van der Waals surface area contributed by atoms with Crippen LogP contribution in [0.15, 0.2) is 12.1 Å². The molecule has 0 radical (unpaired) electrons. The monoisotopic (exact) mass is 265 g/mol. The highest BCUT2D eigenvalue weighted by Crippen LogP contribution is 2.34. The van der Waals surface area contributed by atoms with E-state index in [-0.39, 0.29) is 12.3 Å². The number of benzene rings is 1. The summed E-state index contributed by atoms with van der Waals surface area (Å²) in [6.07, 6.45) is 0.257. The maximum Gasteiger partial charge on any atom is 0.326 e. The van der Waals surface area contributed by atoms with E-state index in [0.717, 1.165) is 0 Å². The van der Waals surface area contributed by atoms with E-state index in [0.29, 0.717) is 22.6 Å². The van der Waals surface area contributed by atoms with Gasteiger partial charge in [0.2, 0.25) is 0 Å². The number of aliphatic carboxylic acids is 1. The van der Waals surface area contributed by atoms with Crippen molar-refractivity contribution >= 4 is 11.9 Å². The maximum absolute atomic E-state index is 12.2. The number of carboxylic acid groups (broad SMARTS) is 1. The van der Waals surface area contributed by atoms with E-state index in [4.69, 9.17) is 14.6 Å². The SMILES string of the molecule is COc1cc2c(cc1OC)C(=O)N(C)C(C(=O)O)C2. The molecule has 1 aliphatic rings. The Bertz CT molecular complexity index is 540. The zero-order valence-electron chi connectivity index (χ0n) is 11.0. The minimum absolute atomic E-state index is 0.257. The van der Waals surface area contributed by atoms with Crippen LogP contribution in [0.2, 0.25) is 0 Å². The molecule has 0 aromatic heterocycles. The second-order valence-electron chi connectivity index (χ2n) is 4.34. The molecule has 102 valence electrons. The normalized spacial score (nSPS) is 17.9. The van der Waals surface area contributed by atoms with Crippen molar-refractivity contribution in [1.29, 1.82) is 0 Å². The number of methoxy groups -OCH3 is 2. The molecule has 0 fully saturated rings. The number of fused-ring (bicyclic) bond motifs is 1. The van der Waals surface area contributed by atoms with Crippen molar-refractivity contribution < 1.29 is 24.2 Å². The molecule has 1 aliphatic heterocycles. The Hall–Kier alpha value is -2.24. The Kier molecular flexibility index (Phi) is 3.33. The van der Waals surface area contributed by atoms with Crippen LogP contribution in [-0.4, -0.2) is 49.2 Å². The standard InChI is InChI=1S/C13H15NO5/c1-14-9(13(16)17)4-7-5-10(18-2)11(19-3)6-8(7)12(14)15/h5-6,9H,4H2,1-3H3,(H,16,17). The summed E-state index contributed by atoms with van der Waals surface area (Å²) in [5, 5.41) is 9.13. The van der Waals surface area contributed by atoms with Crippen LogP contribution in [0, 0.1) is 0 Å². The van der Waals surface area contributed by atoms with Gasteiger partial charge in [-0.25, -0.2) is 4.79 Å². The molecule has 0 saturated heterocycles. The predicted octanol–water partition coefficient (Wildman–Crippen LogP) is 0.785. The Balaban J connectivity index is 2.53. The summed E-state index contributed by atoms with van der Waals surface area (Å²) in [6.45, 7) is 0. The lowest BCUT2D eigenvalue weighted by atomic mass is 9.93. The fraction of sp³-hybridized carbons (Fsp3) is 0.385. The van der Waals surface area contributed by atoms with E-state index in [1.807, 2.05) is 0 Å². The quantitative estimate of drug-likeness (QED) is 0.874. The second-order valence-corrected chi connectivity index (χ2v) is 4.34. The molecule has 1 heterocycles. The highest BCUT2D eigenvalue weighted by atomic mass is 16.5. The summed E-state index contributed by atoms with van der Waals surface area (Å²) in [5.74, 6) is -0.398. The highest BCUT2D eigenvalue weighted by molar-refractivity contribution is 6.00. The third-order valence-corrected chi connectivity index (χ3v) is 3.33. The average molecular weight is 265 g/mol. The lowest BCUT2D eigenvalue weighted by molar-refractivity contribution is -0.142. The summed E-state index contributed by atoms with van der Waals surface area (Å²) in [7, 11) is 4.47. The third-order valence-electron chi connectivity index (χ3n) is 3.33. The van der Waals surface area contributed by atoms with Gasteiger partial charge in [0.25, 0.3) is 5.91 Å². The average Bonchev–Trinajstić information content (AvgIpc) is 2.41. The number of carbonyl (C=O) groups is 2. The molecule has 1 N–H and O–H groups in total. The molecule has 6 nitrogen and oxygen atoms in total. The van der Waals surface area contributed by atoms with Crippen molar-refractivity contribution in [3.63, 3.8) is 0 Å². The van der Waals surface area contributed by atoms with Crippen LogP contribution < -0.4 is 9.47 Å². The van der Waals surface area contributed by atoms with Gasteiger partial charge >= 0.3 is 5.97 Å². The van der Waals surface area contributed by atoms with Crippen LogP contribution in [0.5, 0.6) is 11.5 Å². The van der Waals surface area contributed by atoms with Crippen LogP contribution in [0.3, 0.4) is 0 Å². The first-order valence-electron chi connectivity index (χ1n) is 5.74. The van der Waals surface area contributed by atoms with Crippen molar-refractivity contribution in [2.45, 2.75) is 12.5 Å². The number of nitrogens with zero attached hydrogens (tertiary/aromatic N) is 1. The number of amides is 1. The zero-order chi connectivity index (χ0) is 14.2. The summed E-state index contributed by atoms with van der Waals surface area (Å²) >= 11 is 0. The number of carbonyl (C=O) groups excluding carboxylic acids is 1. The van der Waals surface area contributed by atoms with Crippen molar-refractivity contribution in [1.82, 2.24) is 4.90 Å². The molecule has 0 spiro atoms. The highest BCUT2D eigenvalue weighted by Gasteiger charge is 2.35. The molecule has 1 unspecified atom stereocenters. The van der Waals surface area contributed by atoms with Crippen LogP contribution in [0.1, 0.15) is 15.9 Å². The number of rotatable bonds is 3. The van der Waals surface area contributed by atoms with Crippen LogP contribution in [-0.2, 0) is 11.2 Å². The van der Waals surface area contributed by atoms with Gasteiger partial charge in [0.1, 0.15) is 6.04 Å². The van der Waals surface area contributed by atoms with Gasteiger partial charge in [-0.05, 0) is 17.7 Å². The first-order valence-corrected chi connectivity index (χ1v) is 5.74. The van der Waals surface area contributed by atoms with E-state index in [1.165, 1.54) is 26.2 Å². The third kappa shape index (κ3) is 2.09. The molecule has 0 saturated carbocycles. The van der Waals surface area contributed by atoms with Crippen LogP contribution in [0.4, 0.5) is 0 Å². The van der Waals surface area contributed by atoms with Crippen LogP contribution >= 0.6 is 0 Å². The van der Waals surface area contributed by atoms with E-state index in [1.54, 1.807) is 12.1 Å². The molecule has 2 rings (SSSR count). The second kappa shape index (κ2) is 4.79. The molecule has 0 aliphatic carbocycles. The zero-order valence-corrected chi connectivity index (χ0v) is 11.0. The summed E-state index contributed by atoms with van der Waals surface area (Å²) in [6, 6.07) is 2.40. The smallest absolute Gasteiger partial charge is 0.326 e. The minimum Gasteiger partial charge on any atom is -0.493 e. The lowest BCUT2D eigenvalue weighted by Crippen LogP contribution is -2.47. The number of likely N-dealkylation sites (N-methyl/N-ethyl adjacent to an activating group) is 1. The predicted molar refractivity (Wildman–Crippen MR) is 66.8 cm³/mol. The van der Waals surface area contributed by atoms with Gasteiger partial charge < -0.3 is 19.5 Å². The van der Waals surface area contributed by atoms with Gasteiger partial charge in [-0.2, -0.15) is 0 Å². The van der Waals surface area contributed by atoms with Crippen molar-refractivity contribution in [2.24, 2.45) is 0 Å². The summed E-state index contributed by atoms with van der Waals surface area (Å²) < 4.78 is 10.3. The molecular formula is C13H15NO5. The molecule has 1 atom stereocenters. The molecule has 1 aromatic carbocycles. The van der Waals surface area contributed by atoms with Gasteiger partial charge in [-0.3, -0.25) is 4.79 Å². The molecule has 0 bridgehead atoms. The maximum atomic E-state index is 12.2. The van der Waals surface area contributed by atoms with Gasteiger partial charge in [0.15, 0.2) is 11.5 Å². The van der Waals surface area contributed by atoms with Crippen molar-refractivity contribution in [3.05, 3.63) is 23.3 Å². The first-order chi connectivity index (χ1) is 8.99. The van der Waals surface area contributed by atoms with E-state index < -0.39 is 12.0 Å². The molecule has 1 amide bonds. The van der Waals surface area contributed by atoms with Gasteiger partial charge in [0, 0.05) is 19.0 Å². The van der Waals surface area contributed by atoms with Crippen LogP contribution in [0.25, 0.3) is 0 Å². The minimum atomic E-state index is -1.02.